The number of anilines is 2. The Morgan fingerprint density at radius 3 is 2.38 bits per heavy atom. The van der Waals surface area contributed by atoms with Gasteiger partial charge < -0.3 is 0 Å². The van der Waals surface area contributed by atoms with Gasteiger partial charge in [0.25, 0.3) is 10.0 Å². The van der Waals surface area contributed by atoms with Gasteiger partial charge in [0, 0.05) is 0 Å². The van der Waals surface area contributed by atoms with Crippen LogP contribution in [0.3, 0.4) is 0 Å². The van der Waals surface area contributed by atoms with Crippen LogP contribution < -0.4 is 9.21 Å². The Kier molecular flexibility index (Phi) is 4.58. The number of carbonyl (C=O) groups is 1. The van der Waals surface area contributed by atoms with E-state index in [2.05, 4.69) is 0 Å². The number of para-hydroxylation sites is 1. The van der Waals surface area contributed by atoms with Gasteiger partial charge in [-0.1, -0.05) is 30.3 Å². The minimum Gasteiger partial charge on any atom is -0.287 e. The van der Waals surface area contributed by atoms with E-state index in [1.165, 1.54) is 29.2 Å². The summed E-state index contributed by atoms with van der Waals surface area (Å²) < 4.78 is 54.0. The van der Waals surface area contributed by atoms with Crippen LogP contribution in [0.1, 0.15) is 11.1 Å². The predicted octanol–water partition coefficient (Wildman–Crippen LogP) is 4.61. The van der Waals surface area contributed by atoms with Gasteiger partial charge in [-0.15, -0.1) is 0 Å². The molecule has 5 nitrogen and oxygen atoms in total. The van der Waals surface area contributed by atoms with Gasteiger partial charge in [-0.2, -0.15) is 4.31 Å². The molecule has 0 aliphatic carbocycles. The van der Waals surface area contributed by atoms with Gasteiger partial charge in [-0.05, 0) is 54.4 Å². The van der Waals surface area contributed by atoms with Crippen molar-refractivity contribution in [2.24, 2.45) is 0 Å². The topological polar surface area (TPSA) is 57.7 Å². The second kappa shape index (κ2) is 6.97. The molecular weight excluding hydrogens is 398 g/mol. The van der Waals surface area contributed by atoms with Crippen molar-refractivity contribution in [3.05, 3.63) is 89.5 Å². The van der Waals surface area contributed by atoms with E-state index in [0.29, 0.717) is 5.56 Å². The molecule has 0 unspecified atom stereocenters. The molecule has 3 aromatic rings. The molecule has 0 bridgehead atoms. The summed E-state index contributed by atoms with van der Waals surface area (Å²) in [7, 11) is -4.13. The summed E-state index contributed by atoms with van der Waals surface area (Å²) in [5, 5.41) is 0. The first-order valence-corrected chi connectivity index (χ1v) is 10.2. The molecule has 3 aromatic carbocycles. The molecule has 0 atom stereocenters. The van der Waals surface area contributed by atoms with Crippen LogP contribution in [0, 0.1) is 18.6 Å². The zero-order valence-corrected chi connectivity index (χ0v) is 16.2. The number of halogens is 2. The van der Waals surface area contributed by atoms with E-state index in [9.17, 15) is 22.0 Å². The summed E-state index contributed by atoms with van der Waals surface area (Å²) in [5.74, 6) is -2.04. The van der Waals surface area contributed by atoms with E-state index in [4.69, 9.17) is 0 Å². The van der Waals surface area contributed by atoms with E-state index in [-0.39, 0.29) is 22.8 Å². The Hall–Kier alpha value is -3.26. The van der Waals surface area contributed by atoms with Gasteiger partial charge in [0.1, 0.15) is 4.90 Å². The van der Waals surface area contributed by atoms with Crippen LogP contribution in [-0.4, -0.2) is 14.4 Å². The Labute approximate surface area is 166 Å². The van der Waals surface area contributed by atoms with Gasteiger partial charge in [0.2, 0.25) is 0 Å². The lowest BCUT2D eigenvalue weighted by molar-refractivity contribution is 0.253. The number of aryl methyl sites for hydroxylation is 1. The minimum atomic E-state index is -4.13. The molecule has 0 spiro atoms. The summed E-state index contributed by atoms with van der Waals surface area (Å²) >= 11 is 0. The number of hydrogen-bond acceptors (Lipinski definition) is 3. The second-order valence-electron chi connectivity index (χ2n) is 6.69. The Balaban J connectivity index is 1.86. The highest BCUT2D eigenvalue weighted by Crippen LogP contribution is 2.38. The number of fused-ring (bicyclic) bond motifs is 1. The summed E-state index contributed by atoms with van der Waals surface area (Å²) in [4.78, 5) is 14.5. The fourth-order valence-corrected chi connectivity index (χ4v) is 4.87. The van der Waals surface area contributed by atoms with Crippen LogP contribution in [0.25, 0.3) is 0 Å². The first-order valence-electron chi connectivity index (χ1n) is 8.75. The summed E-state index contributed by atoms with van der Waals surface area (Å²) in [6.07, 6.45) is 0. The van der Waals surface area contributed by atoms with Crippen LogP contribution in [0.4, 0.5) is 25.0 Å². The first kappa shape index (κ1) is 19.1. The first-order chi connectivity index (χ1) is 13.8. The number of hydrogen-bond donors (Lipinski definition) is 0. The summed E-state index contributed by atoms with van der Waals surface area (Å²) in [5.41, 5.74) is 1.51. The summed E-state index contributed by atoms with van der Waals surface area (Å²) in [6.45, 7) is 1.67. The third-order valence-electron chi connectivity index (χ3n) is 4.64. The highest BCUT2D eigenvalue weighted by Gasteiger charge is 2.42. The molecule has 0 radical (unpaired) electrons. The van der Waals surface area contributed by atoms with Crippen LogP contribution in [-0.2, 0) is 16.6 Å². The number of sulfonamides is 1. The van der Waals surface area contributed by atoms with Crippen LogP contribution >= 0.6 is 0 Å². The molecule has 0 saturated heterocycles. The van der Waals surface area contributed by atoms with Gasteiger partial charge in [-0.3, -0.25) is 4.90 Å². The van der Waals surface area contributed by atoms with Crippen molar-refractivity contribution in [2.75, 3.05) is 9.21 Å². The van der Waals surface area contributed by atoms with E-state index in [1.807, 2.05) is 0 Å². The van der Waals surface area contributed by atoms with Crippen LogP contribution in [0.2, 0.25) is 0 Å². The Bertz CT molecular complexity index is 1230. The van der Waals surface area contributed by atoms with E-state index >= 15 is 0 Å². The molecule has 29 heavy (non-hydrogen) atoms. The number of benzene rings is 3. The molecule has 1 aliphatic rings. The molecule has 2 amide bonds. The van der Waals surface area contributed by atoms with Crippen molar-refractivity contribution in [1.82, 2.24) is 0 Å². The smallest absolute Gasteiger partial charge is 0.287 e. The summed E-state index contributed by atoms with van der Waals surface area (Å²) in [6, 6.07) is 15.2. The average Bonchev–Trinajstić information content (AvgIpc) is 2.68. The fourth-order valence-electron chi connectivity index (χ4n) is 3.29. The monoisotopic (exact) mass is 414 g/mol. The number of amides is 2. The maximum atomic E-state index is 13.7. The average molecular weight is 414 g/mol. The van der Waals surface area contributed by atoms with Crippen molar-refractivity contribution >= 4 is 27.4 Å². The highest BCUT2D eigenvalue weighted by molar-refractivity contribution is 7.94. The molecule has 148 valence electrons. The fraction of sp³-hybridized carbons (Fsp3) is 0.0952. The molecule has 4 rings (SSSR count). The molecule has 0 saturated carbocycles. The van der Waals surface area contributed by atoms with Gasteiger partial charge in [0.15, 0.2) is 11.6 Å². The lowest BCUT2D eigenvalue weighted by Gasteiger charge is -2.36. The third kappa shape index (κ3) is 3.25. The minimum absolute atomic E-state index is 0.0383. The van der Waals surface area contributed by atoms with Crippen LogP contribution in [0.15, 0.2) is 71.6 Å². The lowest BCUT2D eigenvalue weighted by Crippen LogP contribution is -2.50. The Morgan fingerprint density at radius 2 is 1.66 bits per heavy atom. The van der Waals surface area contributed by atoms with Crippen LogP contribution in [0.5, 0.6) is 0 Å². The van der Waals surface area contributed by atoms with Gasteiger partial charge >= 0.3 is 6.03 Å². The SMILES string of the molecule is Cc1cccc(N2C(=O)N(Cc3ccc(F)c(F)c3)c3ccccc3S2(=O)=O)c1. The molecule has 0 N–H and O–H groups in total. The Morgan fingerprint density at radius 1 is 0.897 bits per heavy atom. The number of rotatable bonds is 3. The van der Waals surface area contributed by atoms with Crippen molar-refractivity contribution < 1.29 is 22.0 Å². The van der Waals surface area contributed by atoms with E-state index in [0.717, 1.165) is 22.0 Å². The van der Waals surface area contributed by atoms with E-state index < -0.39 is 27.7 Å². The van der Waals surface area contributed by atoms with Crippen molar-refractivity contribution in [2.45, 2.75) is 18.4 Å². The largest absolute Gasteiger partial charge is 0.343 e. The van der Waals surface area contributed by atoms with E-state index in [1.54, 1.807) is 37.3 Å². The number of urea groups is 1. The standard InChI is InChI=1S/C21H16F2N2O3S/c1-14-5-4-6-16(11-14)25-21(26)24(13-15-9-10-17(22)18(23)12-15)19-7-2-3-8-20(19)29(25,27)28/h2-12H,13H2,1H3. The predicted molar refractivity (Wildman–Crippen MR) is 105 cm³/mol. The molecule has 1 aliphatic heterocycles. The van der Waals surface area contributed by atoms with Crippen molar-refractivity contribution in [3.8, 4) is 0 Å². The third-order valence-corrected chi connectivity index (χ3v) is 6.39. The highest BCUT2D eigenvalue weighted by atomic mass is 32.2. The van der Waals surface area contributed by atoms with Gasteiger partial charge in [-0.25, -0.2) is 22.0 Å². The zero-order chi connectivity index (χ0) is 20.8. The maximum Gasteiger partial charge on any atom is 0.343 e. The van der Waals surface area contributed by atoms with Gasteiger partial charge in [0.05, 0.1) is 17.9 Å². The number of carbonyl (C=O) groups excluding carboxylic acids is 1. The molecule has 0 fully saturated rings. The maximum absolute atomic E-state index is 13.7. The molecule has 8 heteroatoms. The second-order valence-corrected chi connectivity index (χ2v) is 8.45. The number of nitrogens with zero attached hydrogens (tertiary/aromatic N) is 2. The molecular formula is C21H16F2N2O3S. The lowest BCUT2D eigenvalue weighted by atomic mass is 10.2. The molecule has 0 aromatic heterocycles. The molecule has 1 heterocycles. The quantitative estimate of drug-likeness (QED) is 0.629. The van der Waals surface area contributed by atoms with Crippen molar-refractivity contribution in [1.29, 1.82) is 0 Å². The normalized spacial score (nSPS) is 15.3. The van der Waals surface area contributed by atoms with Crippen molar-refractivity contribution in [3.63, 3.8) is 0 Å². The zero-order valence-electron chi connectivity index (χ0n) is 15.3.